The van der Waals surface area contributed by atoms with E-state index in [1.54, 1.807) is 6.08 Å². The van der Waals surface area contributed by atoms with Gasteiger partial charge in [-0.1, -0.05) is 103 Å². The van der Waals surface area contributed by atoms with E-state index in [1.165, 1.54) is 40.7 Å². The first-order chi connectivity index (χ1) is 19.7. The molecule has 2 N–H and O–H groups in total. The molecule has 0 heterocycles. The molecule has 2 aromatic rings. The number of aryl methyl sites for hydroxylation is 2. The minimum absolute atomic E-state index is 0.175. The van der Waals surface area contributed by atoms with E-state index >= 15 is 0 Å². The lowest BCUT2D eigenvalue weighted by Crippen LogP contribution is -2.34. The van der Waals surface area contributed by atoms with Crippen LogP contribution in [0.15, 0.2) is 60.7 Å². The number of carbonyl (C=O) groups excluding carboxylic acids is 1. The number of aliphatic hydroxyl groups excluding tert-OH is 1. The second kappa shape index (κ2) is 17.5. The monoisotopic (exact) mass is 583 g/mol. The minimum Gasteiger partial charge on any atom is -0.400 e. The number of allylic oxidation sites excluding steroid dienone is 4. The summed E-state index contributed by atoms with van der Waals surface area (Å²) in [6.07, 6.45) is 13.8. The number of alkyl halides is 2. The van der Waals surface area contributed by atoms with Crippen molar-refractivity contribution in [3.8, 4) is 0 Å². The van der Waals surface area contributed by atoms with E-state index in [2.05, 4.69) is 77.2 Å². The Bertz CT molecular complexity index is 1160. The molecule has 42 heavy (non-hydrogen) atoms. The molecule has 0 radical (unpaired) electrons. The van der Waals surface area contributed by atoms with E-state index in [9.17, 15) is 13.6 Å². The van der Waals surface area contributed by atoms with Crippen LogP contribution < -0.4 is 5.32 Å². The Morgan fingerprint density at radius 3 is 2.02 bits per heavy atom. The third-order valence-electron chi connectivity index (χ3n) is 7.85. The maximum Gasteiger partial charge on any atom is 0.257 e. The maximum atomic E-state index is 12.5. The largest absolute Gasteiger partial charge is 0.400 e. The van der Waals surface area contributed by atoms with Crippen LogP contribution in [0.1, 0.15) is 108 Å². The highest BCUT2D eigenvalue weighted by Crippen LogP contribution is 2.46. The van der Waals surface area contributed by atoms with E-state index in [4.69, 9.17) is 5.11 Å². The second-order valence-electron chi connectivity index (χ2n) is 12.6. The van der Waals surface area contributed by atoms with Crippen molar-refractivity contribution in [2.45, 2.75) is 117 Å². The van der Waals surface area contributed by atoms with E-state index in [0.717, 1.165) is 38.9 Å². The molecule has 0 bridgehead atoms. The summed E-state index contributed by atoms with van der Waals surface area (Å²) in [6, 6.07) is 12.9. The topological polar surface area (TPSA) is 49.3 Å². The highest BCUT2D eigenvalue weighted by molar-refractivity contribution is 5.89. The Balaban J connectivity index is 0.000000426. The van der Waals surface area contributed by atoms with Crippen molar-refractivity contribution in [1.29, 1.82) is 0 Å². The molecule has 0 amide bonds. The molecule has 3 rings (SSSR count). The lowest BCUT2D eigenvalue weighted by Gasteiger charge is -2.42. The maximum absolute atomic E-state index is 12.5. The van der Waals surface area contributed by atoms with Crippen molar-refractivity contribution in [2.75, 3.05) is 13.7 Å². The van der Waals surface area contributed by atoms with Gasteiger partial charge in [-0.2, -0.15) is 0 Å². The predicted molar refractivity (Wildman–Crippen MR) is 175 cm³/mol. The molecule has 0 atom stereocenters. The standard InChI is InChI=1S/C23H32O.C13H19F2N.CH4O/c1-7-19(24)12-10-8-9-11-18-16-21-20(15-17(18)2)22(3,4)13-14-23(21,5)6;1-3-4-11-5-7-12(8-6-11)9-16-10-13(2,14)15;1-2/h8-10,12,15-16H,7,11,13-14H2,1-6H3;5-8,16H,3-4,9-10H2,1-2H3;2H,1H3/b9-8+,12-10+;;. The van der Waals surface area contributed by atoms with Crippen molar-refractivity contribution in [1.82, 2.24) is 5.32 Å². The van der Waals surface area contributed by atoms with Gasteiger partial charge in [0.25, 0.3) is 5.92 Å². The van der Waals surface area contributed by atoms with Crippen molar-refractivity contribution in [2.24, 2.45) is 0 Å². The molecule has 0 unspecified atom stereocenters. The predicted octanol–water partition coefficient (Wildman–Crippen LogP) is 8.97. The van der Waals surface area contributed by atoms with Crippen LogP contribution in [0.3, 0.4) is 0 Å². The summed E-state index contributed by atoms with van der Waals surface area (Å²) in [5.74, 6) is -2.46. The number of ketones is 1. The van der Waals surface area contributed by atoms with Crippen LogP contribution >= 0.6 is 0 Å². The fourth-order valence-corrected chi connectivity index (χ4v) is 5.08. The third kappa shape index (κ3) is 12.7. The lowest BCUT2D eigenvalue weighted by atomic mass is 9.62. The normalized spacial score (nSPS) is 15.4. The van der Waals surface area contributed by atoms with Crippen LogP contribution in [-0.2, 0) is 35.0 Å². The summed E-state index contributed by atoms with van der Waals surface area (Å²) < 4.78 is 25.1. The summed E-state index contributed by atoms with van der Waals surface area (Å²) in [5.41, 5.74) is 8.68. The first kappa shape index (κ1) is 37.4. The molecule has 2 aromatic carbocycles. The zero-order valence-corrected chi connectivity index (χ0v) is 27.5. The molecular formula is C37H55F2NO2. The number of fused-ring (bicyclic) bond motifs is 1. The molecule has 0 saturated heterocycles. The average molecular weight is 584 g/mol. The molecule has 0 aliphatic heterocycles. The van der Waals surface area contributed by atoms with Crippen molar-refractivity contribution >= 4 is 5.78 Å². The summed E-state index contributed by atoms with van der Waals surface area (Å²) >= 11 is 0. The molecule has 0 aromatic heterocycles. The van der Waals surface area contributed by atoms with Gasteiger partial charge >= 0.3 is 0 Å². The van der Waals surface area contributed by atoms with E-state index < -0.39 is 5.92 Å². The van der Waals surface area contributed by atoms with Gasteiger partial charge in [-0.3, -0.25) is 4.79 Å². The average Bonchev–Trinajstić information content (AvgIpc) is 2.93. The van der Waals surface area contributed by atoms with Crippen molar-refractivity contribution in [3.63, 3.8) is 0 Å². The lowest BCUT2D eigenvalue weighted by molar-refractivity contribution is -0.114. The Morgan fingerprint density at radius 1 is 0.952 bits per heavy atom. The number of aliphatic hydroxyl groups is 1. The number of hydrogen-bond donors (Lipinski definition) is 2. The Kier molecular flexibility index (Phi) is 15.6. The van der Waals surface area contributed by atoms with Gasteiger partial charge in [0.2, 0.25) is 0 Å². The van der Waals surface area contributed by atoms with E-state index in [1.807, 2.05) is 31.2 Å². The van der Waals surface area contributed by atoms with Gasteiger partial charge in [0.05, 0.1) is 6.54 Å². The smallest absolute Gasteiger partial charge is 0.257 e. The zero-order valence-electron chi connectivity index (χ0n) is 27.5. The molecule has 1 aliphatic carbocycles. The van der Waals surface area contributed by atoms with Gasteiger partial charge < -0.3 is 10.4 Å². The Hall–Kier alpha value is -2.63. The highest BCUT2D eigenvalue weighted by atomic mass is 19.3. The molecule has 1 aliphatic rings. The Labute approximate surface area is 254 Å². The number of hydrogen-bond acceptors (Lipinski definition) is 3. The minimum atomic E-state index is -2.64. The van der Waals surface area contributed by atoms with Crippen LogP contribution in [0.25, 0.3) is 0 Å². The van der Waals surface area contributed by atoms with E-state index in [-0.39, 0.29) is 23.2 Å². The summed E-state index contributed by atoms with van der Waals surface area (Å²) in [7, 11) is 1.00. The first-order valence-electron chi connectivity index (χ1n) is 15.3. The highest BCUT2D eigenvalue weighted by Gasteiger charge is 2.37. The van der Waals surface area contributed by atoms with Gasteiger partial charge in [0.15, 0.2) is 5.78 Å². The fourth-order valence-electron chi connectivity index (χ4n) is 5.08. The summed E-state index contributed by atoms with van der Waals surface area (Å²) in [4.78, 5) is 11.3. The molecule has 0 fully saturated rings. The van der Waals surface area contributed by atoms with Gasteiger partial charge in [-0.25, -0.2) is 8.78 Å². The third-order valence-corrected chi connectivity index (χ3v) is 7.85. The van der Waals surface area contributed by atoms with Crippen LogP contribution in [0.4, 0.5) is 8.78 Å². The number of nitrogens with one attached hydrogen (secondary N) is 1. The van der Waals surface area contributed by atoms with Crippen LogP contribution in [0, 0.1) is 6.92 Å². The van der Waals surface area contributed by atoms with Gasteiger partial charge in [0, 0.05) is 27.0 Å². The van der Waals surface area contributed by atoms with E-state index in [0.29, 0.717) is 13.0 Å². The summed E-state index contributed by atoms with van der Waals surface area (Å²) in [5, 5.41) is 9.74. The van der Waals surface area contributed by atoms with Crippen LogP contribution in [0.2, 0.25) is 0 Å². The number of rotatable bonds is 11. The van der Waals surface area contributed by atoms with Gasteiger partial charge in [-0.05, 0) is 82.9 Å². The van der Waals surface area contributed by atoms with Crippen molar-refractivity contribution in [3.05, 3.63) is 94.1 Å². The number of benzene rings is 2. The first-order valence-corrected chi connectivity index (χ1v) is 15.3. The van der Waals surface area contributed by atoms with Crippen LogP contribution in [-0.4, -0.2) is 30.5 Å². The molecule has 234 valence electrons. The molecular weight excluding hydrogens is 528 g/mol. The summed E-state index contributed by atoms with van der Waals surface area (Å²) in [6.45, 7) is 16.9. The van der Waals surface area contributed by atoms with Crippen molar-refractivity contribution < 1.29 is 18.7 Å². The molecule has 5 heteroatoms. The zero-order chi connectivity index (χ0) is 32.0. The quantitative estimate of drug-likeness (QED) is 0.205. The SMILES string of the molecule is CCC(=O)/C=C/C=C/Cc1cc2c(cc1C)C(C)(C)CCC2(C)C.CCCc1ccc(CNCC(C)(F)F)cc1.CO. The number of halogens is 2. The Morgan fingerprint density at radius 2 is 1.50 bits per heavy atom. The molecule has 0 saturated carbocycles. The van der Waals surface area contributed by atoms with Crippen LogP contribution in [0.5, 0.6) is 0 Å². The number of carbonyl (C=O) groups is 1. The van der Waals surface area contributed by atoms with Gasteiger partial charge in [0.1, 0.15) is 0 Å². The molecule has 0 spiro atoms. The second-order valence-corrected chi connectivity index (χ2v) is 12.6. The molecule has 3 nitrogen and oxygen atoms in total. The van der Waals surface area contributed by atoms with Gasteiger partial charge in [-0.15, -0.1) is 0 Å². The fraction of sp³-hybridized carbons (Fsp3) is 0.541.